The summed E-state index contributed by atoms with van der Waals surface area (Å²) in [6, 6.07) is 3.42. The van der Waals surface area contributed by atoms with Crippen LogP contribution >= 0.6 is 0 Å². The fourth-order valence-electron chi connectivity index (χ4n) is 2.71. The molecule has 1 fully saturated rings. The lowest BCUT2D eigenvalue weighted by atomic mass is 10.1. The lowest BCUT2D eigenvalue weighted by Gasteiger charge is -2.21. The van der Waals surface area contributed by atoms with Gasteiger partial charge in [0.25, 0.3) is 0 Å². The molecule has 1 aromatic carbocycles. The van der Waals surface area contributed by atoms with Gasteiger partial charge in [-0.2, -0.15) is 0 Å². The van der Waals surface area contributed by atoms with E-state index in [2.05, 4.69) is 0 Å². The Labute approximate surface area is 135 Å². The first-order valence-electron chi connectivity index (χ1n) is 7.24. The van der Waals surface area contributed by atoms with Crippen molar-refractivity contribution in [2.24, 2.45) is 5.92 Å². The minimum absolute atomic E-state index is 0.0479. The molecule has 23 heavy (non-hydrogen) atoms. The molecule has 1 aliphatic heterocycles. The average molecular weight is 322 g/mol. The first kappa shape index (κ1) is 16.9. The molecular weight excluding hydrogens is 300 g/mol. The Kier molecular flexibility index (Phi) is 4.98. The zero-order valence-electron chi connectivity index (χ0n) is 14.1. The standard InChI is InChI=1S/C16H22N2O5/c1-17(2)16(20)10-6-14(19)18(9-10)11-7-12(21-3)15(23-5)13(8-11)22-4/h7-8,10H,6,9H2,1-5H3. The maximum atomic E-state index is 12.3. The summed E-state index contributed by atoms with van der Waals surface area (Å²) in [5.41, 5.74) is 0.624. The normalized spacial score (nSPS) is 17.2. The van der Waals surface area contributed by atoms with Gasteiger partial charge in [0.15, 0.2) is 11.5 Å². The summed E-state index contributed by atoms with van der Waals surface area (Å²) >= 11 is 0. The number of ether oxygens (including phenoxy) is 3. The second kappa shape index (κ2) is 6.76. The Hall–Kier alpha value is -2.44. The fourth-order valence-corrected chi connectivity index (χ4v) is 2.71. The van der Waals surface area contributed by atoms with E-state index in [1.807, 2.05) is 0 Å². The van der Waals surface area contributed by atoms with E-state index in [1.165, 1.54) is 26.2 Å². The molecule has 0 radical (unpaired) electrons. The molecular formula is C16H22N2O5. The zero-order valence-corrected chi connectivity index (χ0v) is 14.1. The summed E-state index contributed by atoms with van der Waals surface area (Å²) in [5.74, 6) is 0.921. The van der Waals surface area contributed by atoms with Gasteiger partial charge < -0.3 is 24.0 Å². The van der Waals surface area contributed by atoms with Crippen LogP contribution in [-0.2, 0) is 9.59 Å². The van der Waals surface area contributed by atoms with E-state index in [-0.39, 0.29) is 24.2 Å². The van der Waals surface area contributed by atoms with Gasteiger partial charge in [0.2, 0.25) is 17.6 Å². The third-order valence-corrected chi connectivity index (χ3v) is 3.88. The van der Waals surface area contributed by atoms with Gasteiger partial charge >= 0.3 is 0 Å². The monoisotopic (exact) mass is 322 g/mol. The first-order valence-corrected chi connectivity index (χ1v) is 7.24. The summed E-state index contributed by atoms with van der Waals surface area (Å²) < 4.78 is 15.9. The first-order chi connectivity index (χ1) is 10.9. The van der Waals surface area contributed by atoms with E-state index in [0.717, 1.165) is 0 Å². The Morgan fingerprint density at radius 3 is 2.13 bits per heavy atom. The molecule has 1 atom stereocenters. The predicted octanol–water partition coefficient (Wildman–Crippen LogP) is 1.15. The number of rotatable bonds is 5. The lowest BCUT2D eigenvalue weighted by molar-refractivity contribution is -0.133. The minimum atomic E-state index is -0.336. The van der Waals surface area contributed by atoms with E-state index in [0.29, 0.717) is 29.5 Å². The molecule has 2 amide bonds. The number of anilines is 1. The highest BCUT2D eigenvalue weighted by Crippen LogP contribution is 2.42. The number of methoxy groups -OCH3 is 3. The molecule has 0 aromatic heterocycles. The zero-order chi connectivity index (χ0) is 17.1. The van der Waals surface area contributed by atoms with Crippen molar-refractivity contribution in [3.05, 3.63) is 12.1 Å². The van der Waals surface area contributed by atoms with Crippen molar-refractivity contribution < 1.29 is 23.8 Å². The number of amides is 2. The highest BCUT2D eigenvalue weighted by Gasteiger charge is 2.36. The van der Waals surface area contributed by atoms with Gasteiger partial charge in [0.05, 0.1) is 32.9 Å². The third-order valence-electron chi connectivity index (χ3n) is 3.88. The molecule has 1 aromatic rings. The molecule has 0 bridgehead atoms. The number of carbonyl (C=O) groups excluding carboxylic acids is 2. The number of carbonyl (C=O) groups is 2. The quantitative estimate of drug-likeness (QED) is 0.813. The topological polar surface area (TPSA) is 68.3 Å². The third kappa shape index (κ3) is 3.18. The second-order valence-electron chi connectivity index (χ2n) is 5.52. The van der Waals surface area contributed by atoms with Crippen LogP contribution in [0, 0.1) is 5.92 Å². The van der Waals surface area contributed by atoms with E-state index in [1.54, 1.807) is 31.1 Å². The molecule has 1 saturated heterocycles. The molecule has 0 aliphatic carbocycles. The molecule has 0 saturated carbocycles. The molecule has 0 N–H and O–H groups in total. The Balaban J connectivity index is 2.35. The molecule has 2 rings (SSSR count). The molecule has 0 spiro atoms. The van der Waals surface area contributed by atoms with Gasteiger partial charge in [0, 0.05) is 39.2 Å². The van der Waals surface area contributed by atoms with Gasteiger partial charge in [-0.25, -0.2) is 0 Å². The van der Waals surface area contributed by atoms with Gasteiger partial charge in [-0.15, -0.1) is 0 Å². The van der Waals surface area contributed by atoms with E-state index < -0.39 is 0 Å². The fraction of sp³-hybridized carbons (Fsp3) is 0.500. The molecule has 7 heteroatoms. The van der Waals surface area contributed by atoms with Crippen LogP contribution in [0.1, 0.15) is 6.42 Å². The van der Waals surface area contributed by atoms with Crippen LogP contribution < -0.4 is 19.1 Å². The smallest absolute Gasteiger partial charge is 0.227 e. The summed E-state index contributed by atoms with van der Waals surface area (Å²) in [6.07, 6.45) is 0.202. The molecule has 126 valence electrons. The Bertz CT molecular complexity index is 589. The van der Waals surface area contributed by atoms with E-state index >= 15 is 0 Å². The van der Waals surface area contributed by atoms with Crippen molar-refractivity contribution in [1.82, 2.24) is 4.90 Å². The van der Waals surface area contributed by atoms with Crippen LogP contribution in [0.3, 0.4) is 0 Å². The van der Waals surface area contributed by atoms with Gasteiger partial charge in [-0.1, -0.05) is 0 Å². The van der Waals surface area contributed by atoms with Crippen LogP contribution in [0.4, 0.5) is 5.69 Å². The van der Waals surface area contributed by atoms with Crippen molar-refractivity contribution in [3.63, 3.8) is 0 Å². The largest absolute Gasteiger partial charge is 0.493 e. The number of nitrogens with zero attached hydrogens (tertiary/aromatic N) is 2. The van der Waals surface area contributed by atoms with Crippen molar-refractivity contribution in [1.29, 1.82) is 0 Å². The van der Waals surface area contributed by atoms with Crippen molar-refractivity contribution in [2.75, 3.05) is 46.9 Å². The SMILES string of the molecule is COc1cc(N2CC(C(=O)N(C)C)CC2=O)cc(OC)c1OC. The van der Waals surface area contributed by atoms with Gasteiger partial charge in [-0.05, 0) is 0 Å². The summed E-state index contributed by atoms with van der Waals surface area (Å²) in [5, 5.41) is 0. The van der Waals surface area contributed by atoms with Crippen LogP contribution in [0.5, 0.6) is 17.2 Å². The van der Waals surface area contributed by atoms with Crippen LogP contribution in [-0.4, -0.2) is 58.7 Å². The van der Waals surface area contributed by atoms with Gasteiger partial charge in [0.1, 0.15) is 0 Å². The van der Waals surface area contributed by atoms with E-state index in [9.17, 15) is 9.59 Å². The number of benzene rings is 1. The second-order valence-corrected chi connectivity index (χ2v) is 5.52. The van der Waals surface area contributed by atoms with Gasteiger partial charge in [-0.3, -0.25) is 9.59 Å². The molecule has 1 unspecified atom stereocenters. The highest BCUT2D eigenvalue weighted by molar-refractivity contribution is 6.00. The maximum absolute atomic E-state index is 12.3. The average Bonchev–Trinajstić information content (AvgIpc) is 2.94. The summed E-state index contributed by atoms with van der Waals surface area (Å²) in [6.45, 7) is 0.342. The van der Waals surface area contributed by atoms with Crippen LogP contribution in [0.25, 0.3) is 0 Å². The molecule has 1 heterocycles. The number of hydrogen-bond donors (Lipinski definition) is 0. The van der Waals surface area contributed by atoms with Crippen LogP contribution in [0.2, 0.25) is 0 Å². The Morgan fingerprint density at radius 1 is 1.13 bits per heavy atom. The highest BCUT2D eigenvalue weighted by atomic mass is 16.5. The Morgan fingerprint density at radius 2 is 1.70 bits per heavy atom. The molecule has 7 nitrogen and oxygen atoms in total. The van der Waals surface area contributed by atoms with Crippen molar-refractivity contribution in [2.45, 2.75) is 6.42 Å². The summed E-state index contributed by atoms with van der Waals surface area (Å²) in [4.78, 5) is 27.5. The lowest BCUT2D eigenvalue weighted by Crippen LogP contribution is -2.32. The summed E-state index contributed by atoms with van der Waals surface area (Å²) in [7, 11) is 7.94. The predicted molar refractivity (Wildman–Crippen MR) is 85.3 cm³/mol. The van der Waals surface area contributed by atoms with E-state index in [4.69, 9.17) is 14.2 Å². The molecule has 1 aliphatic rings. The minimum Gasteiger partial charge on any atom is -0.493 e. The van der Waals surface area contributed by atoms with Crippen molar-refractivity contribution in [3.8, 4) is 17.2 Å². The van der Waals surface area contributed by atoms with Crippen LogP contribution in [0.15, 0.2) is 12.1 Å². The maximum Gasteiger partial charge on any atom is 0.227 e. The van der Waals surface area contributed by atoms with Crippen molar-refractivity contribution >= 4 is 17.5 Å². The number of hydrogen-bond acceptors (Lipinski definition) is 5.